The van der Waals surface area contributed by atoms with Gasteiger partial charge in [-0.3, -0.25) is 4.79 Å². The molecule has 1 heterocycles. The fourth-order valence-corrected chi connectivity index (χ4v) is 3.72. The van der Waals surface area contributed by atoms with Gasteiger partial charge in [0.25, 0.3) is 0 Å². The largest absolute Gasteiger partial charge is 0.493 e. The molecule has 0 bridgehead atoms. The number of hydrogen-bond donors (Lipinski definition) is 1. The third kappa shape index (κ3) is 4.11. The second kappa shape index (κ2) is 8.48. The summed E-state index contributed by atoms with van der Waals surface area (Å²) < 4.78 is 13.6. The topological polar surface area (TPSA) is 52.5 Å². The second-order valence-corrected chi connectivity index (χ2v) is 7.08. The van der Waals surface area contributed by atoms with Crippen LogP contribution in [0, 0.1) is 6.92 Å². The highest BCUT2D eigenvalue weighted by Crippen LogP contribution is 2.30. The molecule has 0 aliphatic rings. The Bertz CT molecular complexity index is 965. The van der Waals surface area contributed by atoms with Gasteiger partial charge in [0.05, 0.1) is 14.2 Å². The minimum atomic E-state index is -0.00757. The van der Waals surface area contributed by atoms with Gasteiger partial charge in [-0.05, 0) is 53.0 Å². The molecule has 0 aliphatic carbocycles. The molecule has 0 atom stereocenters. The van der Waals surface area contributed by atoms with Crippen LogP contribution in [0.1, 0.15) is 11.3 Å². The van der Waals surface area contributed by atoms with Gasteiger partial charge in [-0.25, -0.2) is 0 Å². The number of carbonyl (C=O) groups is 1. The van der Waals surface area contributed by atoms with E-state index in [1.807, 2.05) is 47.9 Å². The summed E-state index contributed by atoms with van der Waals surface area (Å²) in [4.78, 5) is 12.4. The first-order chi connectivity index (χ1) is 13.0. The molecule has 1 amide bonds. The van der Waals surface area contributed by atoms with Crippen LogP contribution < -0.4 is 14.8 Å². The molecule has 0 unspecified atom stereocenters. The van der Waals surface area contributed by atoms with Crippen LogP contribution in [0.5, 0.6) is 11.5 Å². The highest BCUT2D eigenvalue weighted by atomic mass is 79.9. The van der Waals surface area contributed by atoms with Gasteiger partial charge in [0.2, 0.25) is 5.91 Å². The number of ether oxygens (including phenoxy) is 2. The molecule has 0 fully saturated rings. The molecule has 2 aromatic carbocycles. The Kier molecular flexibility index (Phi) is 6.06. The molecule has 0 aliphatic heterocycles. The number of methoxy groups -OCH3 is 2. The monoisotopic (exact) mass is 430 g/mol. The summed E-state index contributed by atoms with van der Waals surface area (Å²) in [5, 5.41) is 4.12. The van der Waals surface area contributed by atoms with Gasteiger partial charge in [0, 0.05) is 27.6 Å². The quantitative estimate of drug-likeness (QED) is 0.613. The lowest BCUT2D eigenvalue weighted by molar-refractivity contribution is -0.121. The summed E-state index contributed by atoms with van der Waals surface area (Å²) in [7, 11) is 3.23. The number of aromatic nitrogens is 1. The number of benzene rings is 2. The summed E-state index contributed by atoms with van der Waals surface area (Å²) in [6.07, 6.45) is 0.723. The Balaban J connectivity index is 1.62. The molecule has 27 heavy (non-hydrogen) atoms. The van der Waals surface area contributed by atoms with E-state index in [9.17, 15) is 4.79 Å². The van der Waals surface area contributed by atoms with E-state index in [0.29, 0.717) is 24.6 Å². The van der Waals surface area contributed by atoms with Gasteiger partial charge in [-0.15, -0.1) is 0 Å². The SMILES string of the molecule is COc1ccc(CCNC(=O)Cn2c(C)c(Br)c3ccccc32)cc1OC. The molecule has 3 aromatic rings. The van der Waals surface area contributed by atoms with Crippen LogP contribution in [0.2, 0.25) is 0 Å². The standard InChI is InChI=1S/C21H23BrN2O3/c1-14-21(22)16-6-4-5-7-17(16)24(14)13-20(25)23-11-10-15-8-9-18(26-2)19(12-15)27-3/h4-9,12H,10-11,13H2,1-3H3,(H,23,25). The Hall–Kier alpha value is -2.47. The molecule has 0 radical (unpaired) electrons. The molecule has 1 aromatic heterocycles. The maximum Gasteiger partial charge on any atom is 0.239 e. The minimum absolute atomic E-state index is 0.00757. The van der Waals surface area contributed by atoms with Gasteiger partial charge in [0.1, 0.15) is 6.54 Å². The van der Waals surface area contributed by atoms with Crippen molar-refractivity contribution in [2.75, 3.05) is 20.8 Å². The number of nitrogens with one attached hydrogen (secondary N) is 1. The van der Waals surface area contributed by atoms with Crippen molar-refractivity contribution >= 4 is 32.7 Å². The van der Waals surface area contributed by atoms with Crippen molar-refractivity contribution in [2.24, 2.45) is 0 Å². The zero-order valence-corrected chi connectivity index (χ0v) is 17.3. The smallest absolute Gasteiger partial charge is 0.239 e. The second-order valence-electron chi connectivity index (χ2n) is 6.29. The van der Waals surface area contributed by atoms with Gasteiger partial charge in [-0.2, -0.15) is 0 Å². The maximum atomic E-state index is 12.4. The third-order valence-electron chi connectivity index (χ3n) is 4.64. The first-order valence-electron chi connectivity index (χ1n) is 8.76. The molecule has 1 N–H and O–H groups in total. The van der Waals surface area contributed by atoms with E-state index in [1.54, 1.807) is 14.2 Å². The fourth-order valence-electron chi connectivity index (χ4n) is 3.17. The Labute approximate surface area is 167 Å². The lowest BCUT2D eigenvalue weighted by atomic mass is 10.1. The summed E-state index contributed by atoms with van der Waals surface area (Å²) in [5.41, 5.74) is 3.18. The zero-order chi connectivity index (χ0) is 19.4. The van der Waals surface area contributed by atoms with Crippen LogP contribution in [0.3, 0.4) is 0 Å². The molecule has 142 valence electrons. The van der Waals surface area contributed by atoms with Crippen LogP contribution in [0.4, 0.5) is 0 Å². The fraction of sp³-hybridized carbons (Fsp3) is 0.286. The van der Waals surface area contributed by atoms with Gasteiger partial charge in [0.15, 0.2) is 11.5 Å². The first kappa shape index (κ1) is 19.3. The van der Waals surface area contributed by atoms with Crippen molar-refractivity contribution in [2.45, 2.75) is 19.9 Å². The highest BCUT2D eigenvalue weighted by Gasteiger charge is 2.14. The minimum Gasteiger partial charge on any atom is -0.493 e. The Morgan fingerprint density at radius 1 is 1.11 bits per heavy atom. The molecule has 6 heteroatoms. The molecule has 0 spiro atoms. The molecule has 5 nitrogen and oxygen atoms in total. The van der Waals surface area contributed by atoms with Crippen LogP contribution in [-0.2, 0) is 17.8 Å². The predicted octanol–water partition coefficient (Wildman–Crippen LogP) is 4.09. The van der Waals surface area contributed by atoms with Crippen LogP contribution in [0.15, 0.2) is 46.9 Å². The molecule has 3 rings (SSSR count). The van der Waals surface area contributed by atoms with Gasteiger partial charge >= 0.3 is 0 Å². The summed E-state index contributed by atoms with van der Waals surface area (Å²) in [5.74, 6) is 1.39. The van der Waals surface area contributed by atoms with Crippen LogP contribution in [0.25, 0.3) is 10.9 Å². The molecule has 0 saturated carbocycles. The van der Waals surface area contributed by atoms with Crippen molar-refractivity contribution in [3.63, 3.8) is 0 Å². The number of carbonyl (C=O) groups excluding carboxylic acids is 1. The van der Waals surface area contributed by atoms with Crippen molar-refractivity contribution in [1.82, 2.24) is 9.88 Å². The summed E-state index contributed by atoms with van der Waals surface area (Å²) in [6.45, 7) is 2.87. The van der Waals surface area contributed by atoms with E-state index in [4.69, 9.17) is 9.47 Å². The van der Waals surface area contributed by atoms with E-state index < -0.39 is 0 Å². The molecular weight excluding hydrogens is 408 g/mol. The molecular formula is C21H23BrN2O3. The number of rotatable bonds is 7. The number of hydrogen-bond acceptors (Lipinski definition) is 3. The maximum absolute atomic E-state index is 12.4. The number of nitrogens with zero attached hydrogens (tertiary/aromatic N) is 1. The van der Waals surface area contributed by atoms with Gasteiger partial charge in [-0.1, -0.05) is 24.3 Å². The number of halogens is 1. The van der Waals surface area contributed by atoms with Crippen molar-refractivity contribution < 1.29 is 14.3 Å². The lowest BCUT2D eigenvalue weighted by Crippen LogP contribution is -2.29. The van der Waals surface area contributed by atoms with Gasteiger partial charge < -0.3 is 19.4 Å². The number of fused-ring (bicyclic) bond motifs is 1. The normalized spacial score (nSPS) is 10.8. The lowest BCUT2D eigenvalue weighted by Gasteiger charge is -2.11. The zero-order valence-electron chi connectivity index (χ0n) is 15.7. The van der Waals surface area contributed by atoms with E-state index >= 15 is 0 Å². The van der Waals surface area contributed by atoms with E-state index in [-0.39, 0.29) is 5.91 Å². The van der Waals surface area contributed by atoms with Crippen LogP contribution >= 0.6 is 15.9 Å². The average Bonchev–Trinajstić information content (AvgIpc) is 2.93. The average molecular weight is 431 g/mol. The first-order valence-corrected chi connectivity index (χ1v) is 9.55. The van der Waals surface area contributed by atoms with Crippen molar-refractivity contribution in [1.29, 1.82) is 0 Å². The number of amides is 1. The molecule has 0 saturated heterocycles. The van der Waals surface area contributed by atoms with E-state index in [0.717, 1.165) is 33.1 Å². The van der Waals surface area contributed by atoms with E-state index in [2.05, 4.69) is 27.3 Å². The Morgan fingerprint density at radius 2 is 1.85 bits per heavy atom. The van der Waals surface area contributed by atoms with Crippen molar-refractivity contribution in [3.05, 3.63) is 58.2 Å². The Morgan fingerprint density at radius 3 is 2.59 bits per heavy atom. The number of para-hydroxylation sites is 1. The van der Waals surface area contributed by atoms with Crippen molar-refractivity contribution in [3.8, 4) is 11.5 Å². The third-order valence-corrected chi connectivity index (χ3v) is 5.64. The van der Waals surface area contributed by atoms with E-state index in [1.165, 1.54) is 0 Å². The highest BCUT2D eigenvalue weighted by molar-refractivity contribution is 9.10. The van der Waals surface area contributed by atoms with Crippen LogP contribution in [-0.4, -0.2) is 31.2 Å². The summed E-state index contributed by atoms with van der Waals surface area (Å²) in [6, 6.07) is 13.9. The summed E-state index contributed by atoms with van der Waals surface area (Å²) >= 11 is 3.63. The predicted molar refractivity (Wildman–Crippen MR) is 111 cm³/mol.